The Labute approximate surface area is 236 Å². The molecule has 8 nitrogen and oxygen atoms in total. The van der Waals surface area contributed by atoms with Crippen LogP contribution in [0.15, 0.2) is 48.5 Å². The number of nitrogens with one attached hydrogen (secondary N) is 1. The number of nitrogens with zero attached hydrogens (tertiary/aromatic N) is 3. The van der Waals surface area contributed by atoms with Crippen molar-refractivity contribution < 1.29 is 23.8 Å². The van der Waals surface area contributed by atoms with Crippen LogP contribution in [-0.2, 0) is 4.79 Å². The molecule has 1 amide bonds. The standard InChI is InChI=1S/C31H41FN4O4/c1-21(37)31(14-8-9-15-34-16-17-35(29(38)39)27(19-34)30(2,3)4)28(22-10-6-5-7-11-22)25-20-40-26-13-12-23(32)18-24(26)36(25)33-31/h5-7,10-13,18,25,27-28,33H,8-9,14-17,19-20H2,1-4H3,(H,38,39)/t25?,27?,28-,31?/m0/s1. The largest absolute Gasteiger partial charge is 0.489 e. The number of hydrazine groups is 1. The molecular formula is C31H41FN4O4. The average molecular weight is 553 g/mol. The third kappa shape index (κ3) is 5.29. The van der Waals surface area contributed by atoms with Gasteiger partial charge in [-0.15, -0.1) is 0 Å². The fourth-order valence-corrected chi connectivity index (χ4v) is 6.83. The lowest BCUT2D eigenvalue weighted by molar-refractivity contribution is -0.123. The quantitative estimate of drug-likeness (QED) is 0.473. The van der Waals surface area contributed by atoms with Gasteiger partial charge in [0.05, 0.1) is 17.8 Å². The van der Waals surface area contributed by atoms with Gasteiger partial charge in [-0.2, -0.15) is 0 Å². The number of ketones is 1. The normalized spacial score (nSPS) is 26.7. The van der Waals surface area contributed by atoms with E-state index in [9.17, 15) is 19.1 Å². The number of hydrogen-bond acceptors (Lipinski definition) is 6. The molecule has 0 saturated carbocycles. The molecule has 3 aliphatic rings. The molecule has 3 aliphatic heterocycles. The third-order valence-corrected chi connectivity index (χ3v) is 8.95. The maximum Gasteiger partial charge on any atom is 0.407 e. The number of fused-ring (bicyclic) bond motifs is 3. The first kappa shape index (κ1) is 28.4. The van der Waals surface area contributed by atoms with E-state index in [0.29, 0.717) is 44.1 Å². The Morgan fingerprint density at radius 2 is 1.88 bits per heavy atom. The molecule has 5 rings (SSSR count). The van der Waals surface area contributed by atoms with Gasteiger partial charge in [0.1, 0.15) is 23.7 Å². The highest BCUT2D eigenvalue weighted by Gasteiger charge is 2.57. The van der Waals surface area contributed by atoms with Crippen molar-refractivity contribution in [2.45, 2.75) is 70.5 Å². The molecule has 2 aromatic rings. The molecule has 3 unspecified atom stereocenters. The van der Waals surface area contributed by atoms with Crippen molar-refractivity contribution in [3.05, 3.63) is 59.9 Å². The van der Waals surface area contributed by atoms with Crippen LogP contribution in [0.1, 0.15) is 58.4 Å². The molecule has 0 aromatic heterocycles. The summed E-state index contributed by atoms with van der Waals surface area (Å²) in [5, 5.41) is 11.7. The lowest BCUT2D eigenvalue weighted by Crippen LogP contribution is -2.59. The molecular weight excluding hydrogens is 511 g/mol. The number of carboxylic acid groups (broad SMARTS) is 1. The second-order valence-electron chi connectivity index (χ2n) is 12.5. The minimum Gasteiger partial charge on any atom is -0.489 e. The molecule has 2 aromatic carbocycles. The van der Waals surface area contributed by atoms with Crippen molar-refractivity contribution in [2.24, 2.45) is 5.41 Å². The third-order valence-electron chi connectivity index (χ3n) is 8.95. The van der Waals surface area contributed by atoms with Gasteiger partial charge < -0.3 is 14.7 Å². The topological polar surface area (TPSA) is 85.4 Å². The second-order valence-corrected chi connectivity index (χ2v) is 12.5. The summed E-state index contributed by atoms with van der Waals surface area (Å²) in [5.41, 5.74) is 4.22. The van der Waals surface area contributed by atoms with Crippen molar-refractivity contribution in [1.82, 2.24) is 15.2 Å². The van der Waals surface area contributed by atoms with E-state index < -0.39 is 11.6 Å². The van der Waals surface area contributed by atoms with Crippen LogP contribution in [0.4, 0.5) is 14.9 Å². The molecule has 0 spiro atoms. The molecule has 3 heterocycles. The summed E-state index contributed by atoms with van der Waals surface area (Å²) in [6.45, 7) is 11.1. The maximum atomic E-state index is 14.3. The van der Waals surface area contributed by atoms with E-state index in [1.165, 1.54) is 12.1 Å². The van der Waals surface area contributed by atoms with Gasteiger partial charge in [0, 0.05) is 31.6 Å². The molecule has 0 bridgehead atoms. The SMILES string of the molecule is CC(=O)C1(CCCCN2CCN(C(=O)O)C(C(C)(C)C)C2)NN2c3cc(F)ccc3OCC2[C@@H]1c1ccccc1. The molecule has 2 fully saturated rings. The summed E-state index contributed by atoms with van der Waals surface area (Å²) in [6, 6.07) is 14.3. The van der Waals surface area contributed by atoms with Crippen LogP contribution in [0.3, 0.4) is 0 Å². The van der Waals surface area contributed by atoms with Gasteiger partial charge in [0.15, 0.2) is 5.78 Å². The lowest BCUT2D eigenvalue weighted by atomic mass is 9.72. The molecule has 40 heavy (non-hydrogen) atoms. The van der Waals surface area contributed by atoms with Crippen LogP contribution in [0.25, 0.3) is 0 Å². The van der Waals surface area contributed by atoms with Crippen LogP contribution < -0.4 is 15.2 Å². The summed E-state index contributed by atoms with van der Waals surface area (Å²) in [7, 11) is 0. The lowest BCUT2D eigenvalue weighted by Gasteiger charge is -2.46. The number of carbonyl (C=O) groups excluding carboxylic acids is 1. The highest BCUT2D eigenvalue weighted by molar-refractivity contribution is 5.89. The zero-order valence-corrected chi connectivity index (χ0v) is 23.9. The van der Waals surface area contributed by atoms with Crippen molar-refractivity contribution in [2.75, 3.05) is 37.8 Å². The van der Waals surface area contributed by atoms with E-state index in [1.807, 2.05) is 23.2 Å². The van der Waals surface area contributed by atoms with Gasteiger partial charge in [-0.05, 0) is 55.8 Å². The first-order chi connectivity index (χ1) is 19.0. The number of hydrogen-bond donors (Lipinski definition) is 2. The van der Waals surface area contributed by atoms with Crippen molar-refractivity contribution in [1.29, 1.82) is 0 Å². The number of piperazine rings is 1. The van der Waals surface area contributed by atoms with E-state index in [-0.39, 0.29) is 35.0 Å². The number of halogens is 1. The maximum absolute atomic E-state index is 14.3. The van der Waals surface area contributed by atoms with Crippen LogP contribution >= 0.6 is 0 Å². The zero-order valence-electron chi connectivity index (χ0n) is 23.9. The van der Waals surface area contributed by atoms with Crippen molar-refractivity contribution in [3.63, 3.8) is 0 Å². The summed E-state index contributed by atoms with van der Waals surface area (Å²) in [6.07, 6.45) is 1.46. The number of Topliss-reactive ketones (excluding diaryl/α,β-unsaturated/α-hetero) is 1. The smallest absolute Gasteiger partial charge is 0.407 e. The average Bonchev–Trinajstić information content (AvgIpc) is 3.27. The summed E-state index contributed by atoms with van der Waals surface area (Å²) >= 11 is 0. The molecule has 0 radical (unpaired) electrons. The number of amides is 1. The van der Waals surface area contributed by atoms with Gasteiger partial charge in [0.25, 0.3) is 0 Å². The highest BCUT2D eigenvalue weighted by Crippen LogP contribution is 2.48. The summed E-state index contributed by atoms with van der Waals surface area (Å²) < 4.78 is 20.4. The van der Waals surface area contributed by atoms with Crippen LogP contribution in [-0.4, -0.2) is 77.2 Å². The summed E-state index contributed by atoms with van der Waals surface area (Å²) in [5.74, 6) is 0.131. The minimum absolute atomic E-state index is 0.0524. The van der Waals surface area contributed by atoms with Crippen LogP contribution in [0, 0.1) is 11.2 Å². The van der Waals surface area contributed by atoms with E-state index in [4.69, 9.17) is 4.74 Å². The van der Waals surface area contributed by atoms with E-state index in [0.717, 1.165) is 24.9 Å². The predicted molar refractivity (Wildman–Crippen MR) is 152 cm³/mol. The number of unbranched alkanes of at least 4 members (excludes halogenated alkanes) is 1. The fraction of sp³-hybridized carbons (Fsp3) is 0.548. The van der Waals surface area contributed by atoms with E-state index in [2.05, 4.69) is 43.2 Å². The van der Waals surface area contributed by atoms with Crippen molar-refractivity contribution >= 4 is 17.6 Å². The molecule has 216 valence electrons. The molecule has 4 atom stereocenters. The van der Waals surface area contributed by atoms with Gasteiger partial charge in [-0.1, -0.05) is 51.1 Å². The monoisotopic (exact) mass is 552 g/mol. The first-order valence-corrected chi connectivity index (χ1v) is 14.3. The zero-order chi connectivity index (χ0) is 28.7. The van der Waals surface area contributed by atoms with Gasteiger partial charge in [-0.25, -0.2) is 14.6 Å². The molecule has 9 heteroatoms. The number of carbonyl (C=O) groups is 2. The van der Waals surface area contributed by atoms with Gasteiger partial charge in [-0.3, -0.25) is 14.7 Å². The molecule has 0 aliphatic carbocycles. The second kappa shape index (κ2) is 11.0. The van der Waals surface area contributed by atoms with Crippen LogP contribution in [0.5, 0.6) is 5.75 Å². The fourth-order valence-electron chi connectivity index (χ4n) is 6.83. The number of rotatable bonds is 7. The van der Waals surface area contributed by atoms with E-state index >= 15 is 0 Å². The Balaban J connectivity index is 1.34. The Hall–Kier alpha value is -3.17. The van der Waals surface area contributed by atoms with Gasteiger partial charge in [0.2, 0.25) is 0 Å². The predicted octanol–water partition coefficient (Wildman–Crippen LogP) is 4.90. The van der Waals surface area contributed by atoms with Gasteiger partial charge >= 0.3 is 6.09 Å². The number of ether oxygens (including phenoxy) is 1. The first-order valence-electron chi connectivity index (χ1n) is 14.3. The Morgan fingerprint density at radius 1 is 1.12 bits per heavy atom. The van der Waals surface area contributed by atoms with Crippen molar-refractivity contribution in [3.8, 4) is 5.75 Å². The molecule has 2 saturated heterocycles. The summed E-state index contributed by atoms with van der Waals surface area (Å²) in [4.78, 5) is 29.3. The minimum atomic E-state index is -0.862. The molecule has 2 N–H and O–H groups in total. The van der Waals surface area contributed by atoms with Crippen LogP contribution in [0.2, 0.25) is 0 Å². The Bertz CT molecular complexity index is 1240. The van der Waals surface area contributed by atoms with E-state index in [1.54, 1.807) is 17.9 Å². The highest BCUT2D eigenvalue weighted by atomic mass is 19.1. The Morgan fingerprint density at radius 3 is 2.55 bits per heavy atom. The Kier molecular flexibility index (Phi) is 7.81. The number of benzene rings is 2. The number of anilines is 1.